The molecule has 0 aliphatic carbocycles. The van der Waals surface area contributed by atoms with E-state index in [0.717, 1.165) is 18.5 Å². The molecular weight excluding hydrogens is 1330 g/mol. The van der Waals surface area contributed by atoms with E-state index in [1.54, 1.807) is 66.7 Å². The van der Waals surface area contributed by atoms with Crippen LogP contribution in [0, 0.1) is 0 Å². The van der Waals surface area contributed by atoms with Crippen LogP contribution in [0.1, 0.15) is 129 Å². The molecule has 0 aromatic heterocycles. The van der Waals surface area contributed by atoms with Crippen molar-refractivity contribution in [2.24, 2.45) is 15.3 Å². The van der Waals surface area contributed by atoms with Gasteiger partial charge in [-0.05, 0) is 159 Å². The number of aliphatic hydroxyl groups is 1. The number of esters is 1. The molecule has 0 saturated heterocycles. The molecule has 0 fully saturated rings. The Bertz CT molecular complexity index is 3980. The highest BCUT2D eigenvalue weighted by atomic mass is 16.6. The second kappa shape index (κ2) is 39.3. The lowest BCUT2D eigenvalue weighted by Gasteiger charge is -2.36. The van der Waals surface area contributed by atoms with Gasteiger partial charge in [0.15, 0.2) is 11.8 Å². The van der Waals surface area contributed by atoms with Gasteiger partial charge in [-0.25, -0.2) is 14.4 Å². The van der Waals surface area contributed by atoms with E-state index < -0.39 is 53.7 Å². The van der Waals surface area contributed by atoms with Crippen molar-refractivity contribution in [1.82, 2.24) is 37.2 Å². The zero-order chi connectivity index (χ0) is 73.5. The maximum absolute atomic E-state index is 13.5. The highest BCUT2D eigenvalue weighted by Gasteiger charge is 2.54. The molecule has 103 heavy (non-hydrogen) atoms. The predicted molar refractivity (Wildman–Crippen MR) is 378 cm³/mol. The van der Waals surface area contributed by atoms with E-state index in [-0.39, 0.29) is 129 Å². The number of phenolic OH excluding ortho intramolecular Hbond substituents is 2. The van der Waals surface area contributed by atoms with Crippen LogP contribution in [0.15, 0.2) is 155 Å². The molecule has 0 radical (unpaired) electrons. The lowest BCUT2D eigenvalue weighted by atomic mass is 9.77. The number of alkyl carbamates (subject to hydrolysis) is 2. The van der Waals surface area contributed by atoms with Gasteiger partial charge in [0, 0.05) is 123 Å². The third kappa shape index (κ3) is 23.1. The maximum Gasteiger partial charge on any atom is 0.407 e. The molecule has 30 heteroatoms. The second-order valence-electron chi connectivity index (χ2n) is 24.2. The quantitative estimate of drug-likeness (QED) is 0.00325. The van der Waals surface area contributed by atoms with Crippen molar-refractivity contribution in [3.63, 3.8) is 0 Å². The zero-order valence-corrected chi connectivity index (χ0v) is 57.3. The molecule has 2 atom stereocenters. The number of azo groups is 1. The van der Waals surface area contributed by atoms with Crippen LogP contribution in [0.5, 0.6) is 28.7 Å². The summed E-state index contributed by atoms with van der Waals surface area (Å²) in [4.78, 5) is 109. The van der Waals surface area contributed by atoms with Gasteiger partial charge in [-0.2, -0.15) is 10.2 Å². The third-order valence-electron chi connectivity index (χ3n) is 16.3. The van der Waals surface area contributed by atoms with E-state index in [1.807, 2.05) is 43.3 Å². The largest absolute Gasteiger partial charge is 0.508 e. The fraction of sp³-hybridized carbons (Fsp3) is 0.370. The number of nitrogens with one attached hydrogen (secondary N) is 7. The molecule has 0 saturated carbocycles. The van der Waals surface area contributed by atoms with E-state index in [0.29, 0.717) is 97.2 Å². The Labute approximate surface area is 594 Å². The monoisotopic (exact) mass is 1420 g/mol. The van der Waals surface area contributed by atoms with E-state index >= 15 is 0 Å². The summed E-state index contributed by atoms with van der Waals surface area (Å²) in [7, 11) is 3.90. The molecule has 10 N–H and O–H groups in total. The summed E-state index contributed by atoms with van der Waals surface area (Å²) >= 11 is 0. The van der Waals surface area contributed by atoms with Crippen molar-refractivity contribution in [2.45, 2.75) is 88.5 Å². The van der Waals surface area contributed by atoms with Crippen molar-refractivity contribution < 1.29 is 82.1 Å². The number of aromatic hydroxyl groups is 2. The van der Waals surface area contributed by atoms with Crippen LogP contribution in [-0.2, 0) is 34.1 Å². The van der Waals surface area contributed by atoms with Crippen LogP contribution in [0.2, 0.25) is 0 Å². The van der Waals surface area contributed by atoms with Crippen LogP contribution >= 0.6 is 0 Å². The van der Waals surface area contributed by atoms with Crippen LogP contribution in [0.4, 0.5) is 26.7 Å². The number of carbonyl (C=O) groups excluding carboxylic acids is 8. The summed E-state index contributed by atoms with van der Waals surface area (Å²) in [5, 5.41) is 60.8. The molecule has 6 aromatic carbocycles. The van der Waals surface area contributed by atoms with E-state index in [1.165, 1.54) is 36.4 Å². The van der Waals surface area contributed by atoms with Crippen molar-refractivity contribution in [1.29, 1.82) is 0 Å². The summed E-state index contributed by atoms with van der Waals surface area (Å²) < 4.78 is 34.0. The fourth-order valence-electron chi connectivity index (χ4n) is 10.9. The lowest BCUT2D eigenvalue weighted by Crippen LogP contribution is -2.47. The number of rotatable bonds is 40. The smallest absolute Gasteiger partial charge is 0.407 e. The van der Waals surface area contributed by atoms with Gasteiger partial charge in [0.1, 0.15) is 54.6 Å². The number of benzene rings is 6. The summed E-state index contributed by atoms with van der Waals surface area (Å²) in [6, 6.07) is 33.0. The number of carbonyl (C=O) groups is 8. The normalized spacial score (nSPS) is 12.7. The van der Waals surface area contributed by atoms with Crippen LogP contribution < -0.4 is 51.6 Å². The van der Waals surface area contributed by atoms with Crippen LogP contribution in [0.3, 0.4) is 0 Å². The Hall–Kier alpha value is -11.8. The molecule has 6 aromatic rings. The first kappa shape index (κ1) is 77.0. The standard InChI is InChI=1S/C73H85N13O17/c1-47(44-80-64(90)17-7-6-10-32-75-68(93)50-20-29-58-57(41-50)70(95)103-73(58)59-30-27-54(88)42-62(59)102-63-43-55(89)28-31-60(63)73)45-101-71(96)79-34-11-8-16-61(69(94)76-33-9-4-5-12-37-87)81-72(97)99-39-38-98-65(84-85-74)46-100-56-15-13-14-49(40-56)67(92)78-36-35-77-66(91)48-18-21-51(22-19-48)82-83-52-23-25-53(26-24-52)86(2)3/h13-15,18-31,40-43,61,65,87-89H,1,4-12,16-17,32-39,44-46H2,2-3H3,(H,75,93)(H,76,94)(H,77,91)(H,78,92)(H,79,96)(H,80,90)(H,81,97). The van der Waals surface area contributed by atoms with Gasteiger partial charge in [0.2, 0.25) is 11.8 Å². The molecule has 30 nitrogen and oxygen atoms in total. The first-order valence-electron chi connectivity index (χ1n) is 33.7. The number of nitrogens with zero attached hydrogens (tertiary/aromatic N) is 6. The van der Waals surface area contributed by atoms with Gasteiger partial charge in [-0.15, -0.1) is 0 Å². The summed E-state index contributed by atoms with van der Waals surface area (Å²) in [6.45, 7) is 4.11. The Kier molecular flexibility index (Phi) is 29.4. The minimum Gasteiger partial charge on any atom is -0.508 e. The minimum atomic E-state index is -1.46. The fourth-order valence-corrected chi connectivity index (χ4v) is 10.9. The van der Waals surface area contributed by atoms with Crippen molar-refractivity contribution in [3.8, 4) is 28.7 Å². The Balaban J connectivity index is 0.666. The minimum absolute atomic E-state index is 0.0643. The average Bonchev–Trinajstić information content (AvgIpc) is 1.59. The lowest BCUT2D eigenvalue weighted by molar-refractivity contribution is -0.123. The first-order chi connectivity index (χ1) is 49.8. The van der Waals surface area contributed by atoms with Gasteiger partial charge < -0.3 is 85.9 Å². The van der Waals surface area contributed by atoms with Gasteiger partial charge in [-0.1, -0.05) is 43.1 Å². The van der Waals surface area contributed by atoms with Gasteiger partial charge in [0.25, 0.3) is 17.7 Å². The number of phenols is 2. The number of amides is 7. The number of anilines is 1. The van der Waals surface area contributed by atoms with E-state index in [9.17, 15) is 54.1 Å². The number of fused-ring (bicyclic) bond motifs is 6. The number of azide groups is 1. The highest BCUT2D eigenvalue weighted by Crippen LogP contribution is 2.57. The summed E-state index contributed by atoms with van der Waals surface area (Å²) in [5.41, 5.74) is 12.9. The maximum atomic E-state index is 13.5. The van der Waals surface area contributed by atoms with Crippen molar-refractivity contribution in [3.05, 3.63) is 189 Å². The molecule has 544 valence electrons. The molecule has 2 heterocycles. The number of ether oxygens (including phenoxy) is 6. The topological polar surface area (TPSA) is 414 Å². The summed E-state index contributed by atoms with van der Waals surface area (Å²) in [5.74, 6) is -1.96. The number of hydrogen-bond donors (Lipinski definition) is 10. The molecule has 2 aliphatic heterocycles. The van der Waals surface area contributed by atoms with Crippen molar-refractivity contribution >= 4 is 64.8 Å². The number of unbranched alkanes of at least 4 members (excludes halogenated alkanes) is 6. The molecule has 1 spiro atoms. The third-order valence-corrected chi connectivity index (χ3v) is 16.3. The van der Waals surface area contributed by atoms with E-state index in [4.69, 9.17) is 33.5 Å². The molecule has 8 rings (SSSR count). The average molecular weight is 1420 g/mol. The van der Waals surface area contributed by atoms with E-state index in [2.05, 4.69) is 64.1 Å². The molecule has 0 bridgehead atoms. The summed E-state index contributed by atoms with van der Waals surface area (Å²) in [6.07, 6.45) is 2.90. The Morgan fingerprint density at radius 2 is 1.21 bits per heavy atom. The molecular formula is C73H85N13O17. The van der Waals surface area contributed by atoms with Crippen LogP contribution in [0.25, 0.3) is 10.4 Å². The SMILES string of the molecule is C=C(CNC(=O)CCCCCNC(=O)c1ccc2c(c1)C(=O)OC21c2ccc(O)cc2Oc2cc(O)ccc21)COC(=O)NCCCCC(NC(=O)OCCOC(COc1cccc(C(=O)NCCNC(=O)c2ccc(N=Nc3ccc(N(C)C)cc3)cc2)c1)N=[N+]=[N-])C(=O)NCCCCCCO. The van der Waals surface area contributed by atoms with Gasteiger partial charge >= 0.3 is 18.2 Å². The van der Waals surface area contributed by atoms with Crippen molar-refractivity contribution in [2.75, 3.05) is 91.3 Å². The number of aliphatic hydroxyl groups excluding tert-OH is 1. The zero-order valence-electron chi connectivity index (χ0n) is 57.3. The van der Waals surface area contributed by atoms with Gasteiger partial charge in [0.05, 0.1) is 23.5 Å². The highest BCUT2D eigenvalue weighted by molar-refractivity contribution is 6.02. The number of hydrogen-bond acceptors (Lipinski definition) is 21. The molecule has 7 amide bonds. The Morgan fingerprint density at radius 1 is 0.621 bits per heavy atom. The first-order valence-corrected chi connectivity index (χ1v) is 33.7. The second-order valence-corrected chi connectivity index (χ2v) is 24.2. The van der Waals surface area contributed by atoms with Crippen LogP contribution in [-0.4, -0.2) is 162 Å². The molecule has 2 aliphatic rings. The Morgan fingerprint density at radius 3 is 1.88 bits per heavy atom. The molecule has 2 unspecified atom stereocenters. The predicted octanol–water partition coefficient (Wildman–Crippen LogP) is 9.66. The van der Waals surface area contributed by atoms with Gasteiger partial charge in [-0.3, -0.25) is 24.0 Å².